The lowest BCUT2D eigenvalue weighted by molar-refractivity contribution is 0.0724. The van der Waals surface area contributed by atoms with Crippen LogP contribution in [0.5, 0.6) is 0 Å². The quantitative estimate of drug-likeness (QED) is 0.587. The largest absolute Gasteiger partial charge is 0.360 e. The fraction of sp³-hybridized carbons (Fsp3) is 0.292. The minimum atomic E-state index is -0.594. The summed E-state index contributed by atoms with van der Waals surface area (Å²) in [6.07, 6.45) is 3.19. The lowest BCUT2D eigenvalue weighted by Crippen LogP contribution is -2.35. The maximum absolute atomic E-state index is 14.4. The molecule has 2 amide bonds. The van der Waals surface area contributed by atoms with Crippen molar-refractivity contribution in [2.75, 3.05) is 13.1 Å². The van der Waals surface area contributed by atoms with E-state index in [0.717, 1.165) is 37.9 Å². The first-order chi connectivity index (χ1) is 15.5. The van der Waals surface area contributed by atoms with Crippen LogP contribution in [0.3, 0.4) is 0 Å². The van der Waals surface area contributed by atoms with Crippen LogP contribution in [0, 0.1) is 12.7 Å². The van der Waals surface area contributed by atoms with E-state index in [9.17, 15) is 14.0 Å². The Kier molecular flexibility index (Phi) is 6.55. The van der Waals surface area contributed by atoms with Crippen LogP contribution < -0.4 is 5.32 Å². The fourth-order valence-corrected chi connectivity index (χ4v) is 4.15. The van der Waals surface area contributed by atoms with Gasteiger partial charge in [0.2, 0.25) is 0 Å². The number of hydrogen-bond donors (Lipinski definition) is 1. The van der Waals surface area contributed by atoms with E-state index in [1.165, 1.54) is 18.2 Å². The zero-order chi connectivity index (χ0) is 22.7. The molecule has 0 bridgehead atoms. The Morgan fingerprint density at radius 1 is 1.16 bits per heavy atom. The molecular formula is C24H23ClFN3O3. The van der Waals surface area contributed by atoms with Crippen molar-refractivity contribution in [1.29, 1.82) is 0 Å². The summed E-state index contributed by atoms with van der Waals surface area (Å²) in [5, 5.41) is 6.81. The van der Waals surface area contributed by atoms with Crippen LogP contribution in [0.4, 0.5) is 4.39 Å². The number of nitrogens with zero attached hydrogens (tertiary/aromatic N) is 2. The van der Waals surface area contributed by atoms with Gasteiger partial charge in [0.25, 0.3) is 11.8 Å². The Bertz CT molecular complexity index is 1130. The molecule has 1 fully saturated rings. The van der Waals surface area contributed by atoms with Gasteiger partial charge in [-0.25, -0.2) is 4.39 Å². The van der Waals surface area contributed by atoms with E-state index >= 15 is 0 Å². The average molecular weight is 456 g/mol. The van der Waals surface area contributed by atoms with Crippen LogP contribution in [-0.4, -0.2) is 35.0 Å². The topological polar surface area (TPSA) is 75.4 Å². The molecule has 0 atom stereocenters. The summed E-state index contributed by atoms with van der Waals surface area (Å²) in [4.78, 5) is 27.6. The monoisotopic (exact) mass is 455 g/mol. The third-order valence-corrected chi connectivity index (χ3v) is 5.87. The lowest BCUT2D eigenvalue weighted by atomic mass is 10.0. The molecule has 0 radical (unpaired) electrons. The molecule has 3 aromatic rings. The second-order valence-electron chi connectivity index (χ2n) is 7.79. The molecular weight excluding hydrogens is 433 g/mol. The summed E-state index contributed by atoms with van der Waals surface area (Å²) in [6.45, 7) is 3.31. The summed E-state index contributed by atoms with van der Waals surface area (Å²) in [6, 6.07) is 11.5. The molecule has 1 N–H and O–H groups in total. The maximum Gasteiger partial charge on any atom is 0.257 e. The Labute approximate surface area is 190 Å². The van der Waals surface area contributed by atoms with Gasteiger partial charge in [0.05, 0.1) is 10.6 Å². The second-order valence-corrected chi connectivity index (χ2v) is 8.20. The molecule has 8 heteroatoms. The molecule has 1 saturated heterocycles. The Morgan fingerprint density at radius 2 is 1.91 bits per heavy atom. The van der Waals surface area contributed by atoms with Crippen molar-refractivity contribution < 1.29 is 18.5 Å². The highest BCUT2D eigenvalue weighted by atomic mass is 35.5. The Morgan fingerprint density at radius 3 is 2.66 bits per heavy atom. The number of aryl methyl sites for hydroxylation is 1. The fourth-order valence-electron chi connectivity index (χ4n) is 3.90. The third kappa shape index (κ3) is 4.53. The predicted molar refractivity (Wildman–Crippen MR) is 119 cm³/mol. The first kappa shape index (κ1) is 22.0. The van der Waals surface area contributed by atoms with Crippen molar-refractivity contribution in [3.8, 4) is 11.3 Å². The molecule has 166 valence electrons. The molecule has 1 aliphatic heterocycles. The Balaban J connectivity index is 1.51. The van der Waals surface area contributed by atoms with Gasteiger partial charge < -0.3 is 14.7 Å². The van der Waals surface area contributed by atoms with Gasteiger partial charge >= 0.3 is 0 Å². The van der Waals surface area contributed by atoms with E-state index in [1.54, 1.807) is 25.1 Å². The number of carbonyl (C=O) groups excluding carboxylic acids is 2. The SMILES string of the molecule is Cc1onc(-c2c(F)cccc2Cl)c1C(=O)NCc1cccc(C(=O)N2CCCCC2)c1. The number of piperidine rings is 1. The van der Waals surface area contributed by atoms with Gasteiger partial charge in [0.1, 0.15) is 22.8 Å². The van der Waals surface area contributed by atoms with E-state index < -0.39 is 11.7 Å². The summed E-state index contributed by atoms with van der Waals surface area (Å²) in [7, 11) is 0. The van der Waals surface area contributed by atoms with Gasteiger partial charge in [0.15, 0.2) is 0 Å². The normalized spacial score (nSPS) is 13.8. The molecule has 0 aliphatic carbocycles. The molecule has 0 spiro atoms. The molecule has 0 unspecified atom stereocenters. The second kappa shape index (κ2) is 9.53. The highest BCUT2D eigenvalue weighted by molar-refractivity contribution is 6.33. The third-order valence-electron chi connectivity index (χ3n) is 5.56. The number of nitrogens with one attached hydrogen (secondary N) is 1. The molecule has 2 aromatic carbocycles. The number of carbonyl (C=O) groups is 2. The summed E-state index contributed by atoms with van der Waals surface area (Å²) in [5.41, 5.74) is 1.57. The summed E-state index contributed by atoms with van der Waals surface area (Å²) in [5.74, 6) is -0.801. The van der Waals surface area contributed by atoms with E-state index in [2.05, 4.69) is 10.5 Å². The van der Waals surface area contributed by atoms with Gasteiger partial charge in [-0.15, -0.1) is 0 Å². The summed E-state index contributed by atoms with van der Waals surface area (Å²) >= 11 is 6.14. The molecule has 4 rings (SSSR count). The first-order valence-electron chi connectivity index (χ1n) is 10.5. The average Bonchev–Trinajstić information content (AvgIpc) is 3.18. The van der Waals surface area contributed by atoms with E-state index in [1.807, 2.05) is 11.0 Å². The van der Waals surface area contributed by atoms with Gasteiger partial charge in [-0.3, -0.25) is 9.59 Å². The van der Waals surface area contributed by atoms with Crippen LogP contribution in [0.25, 0.3) is 11.3 Å². The van der Waals surface area contributed by atoms with Crippen molar-refractivity contribution in [2.45, 2.75) is 32.7 Å². The minimum absolute atomic E-state index is 0.00392. The van der Waals surface area contributed by atoms with Crippen LogP contribution in [-0.2, 0) is 6.54 Å². The van der Waals surface area contributed by atoms with Crippen LogP contribution >= 0.6 is 11.6 Å². The number of hydrogen-bond acceptors (Lipinski definition) is 4. The number of amides is 2. The van der Waals surface area contributed by atoms with E-state index in [4.69, 9.17) is 16.1 Å². The molecule has 32 heavy (non-hydrogen) atoms. The highest BCUT2D eigenvalue weighted by Crippen LogP contribution is 2.33. The lowest BCUT2D eigenvalue weighted by Gasteiger charge is -2.26. The smallest absolute Gasteiger partial charge is 0.257 e. The van der Waals surface area contributed by atoms with E-state index in [0.29, 0.717) is 5.56 Å². The van der Waals surface area contributed by atoms with Crippen molar-refractivity contribution in [2.24, 2.45) is 0 Å². The zero-order valence-electron chi connectivity index (χ0n) is 17.7. The van der Waals surface area contributed by atoms with Crippen LogP contribution in [0.15, 0.2) is 47.0 Å². The van der Waals surface area contributed by atoms with Crippen molar-refractivity contribution in [3.05, 3.63) is 75.8 Å². The number of benzene rings is 2. The summed E-state index contributed by atoms with van der Waals surface area (Å²) < 4.78 is 19.5. The maximum atomic E-state index is 14.4. The molecule has 0 saturated carbocycles. The molecule has 2 heterocycles. The van der Waals surface area contributed by atoms with E-state index in [-0.39, 0.29) is 40.1 Å². The van der Waals surface area contributed by atoms with Crippen LogP contribution in [0.1, 0.15) is 51.3 Å². The molecule has 1 aliphatic rings. The minimum Gasteiger partial charge on any atom is -0.360 e. The van der Waals surface area contributed by atoms with Gasteiger partial charge in [-0.1, -0.05) is 35.0 Å². The van der Waals surface area contributed by atoms with Crippen molar-refractivity contribution in [3.63, 3.8) is 0 Å². The predicted octanol–water partition coefficient (Wildman–Crippen LogP) is 5.00. The molecule has 6 nitrogen and oxygen atoms in total. The first-order valence-corrected chi connectivity index (χ1v) is 10.9. The van der Waals surface area contributed by atoms with Gasteiger partial charge in [-0.2, -0.15) is 0 Å². The number of aromatic nitrogens is 1. The zero-order valence-corrected chi connectivity index (χ0v) is 18.4. The van der Waals surface area contributed by atoms with Crippen LogP contribution in [0.2, 0.25) is 5.02 Å². The number of rotatable bonds is 5. The molecule has 1 aromatic heterocycles. The van der Waals surface area contributed by atoms with Gasteiger partial charge in [-0.05, 0) is 56.0 Å². The number of halogens is 2. The highest BCUT2D eigenvalue weighted by Gasteiger charge is 2.25. The van der Waals surface area contributed by atoms with Crippen molar-refractivity contribution >= 4 is 23.4 Å². The standard InChI is InChI=1S/C24H23ClFN3O3/c1-15-20(22(28-32-15)21-18(25)9-6-10-19(21)26)23(30)27-14-16-7-5-8-17(13-16)24(31)29-11-3-2-4-12-29/h5-10,13H,2-4,11-12,14H2,1H3,(H,27,30). The Hall–Kier alpha value is -3.19. The van der Waals surface area contributed by atoms with Crippen molar-refractivity contribution in [1.82, 2.24) is 15.4 Å². The number of likely N-dealkylation sites (tertiary alicyclic amines) is 1. The van der Waals surface area contributed by atoms with Gasteiger partial charge in [0, 0.05) is 25.2 Å².